The SMILES string of the molecule is COc1ccc(CCN(C)C(C)C(=O)NC(C)C)cc1OC. The van der Waals surface area contributed by atoms with Gasteiger partial charge in [-0.05, 0) is 51.9 Å². The highest BCUT2D eigenvalue weighted by molar-refractivity contribution is 5.81. The average molecular weight is 308 g/mol. The zero-order chi connectivity index (χ0) is 16.7. The van der Waals surface area contributed by atoms with Crippen LogP contribution in [0.25, 0.3) is 0 Å². The first-order chi connectivity index (χ1) is 10.4. The van der Waals surface area contributed by atoms with Crippen LogP contribution in [-0.4, -0.2) is 50.7 Å². The summed E-state index contributed by atoms with van der Waals surface area (Å²) in [6.45, 7) is 6.65. The normalized spacial score (nSPS) is 12.4. The first-order valence-electron chi connectivity index (χ1n) is 7.60. The Balaban J connectivity index is 2.60. The summed E-state index contributed by atoms with van der Waals surface area (Å²) in [5.74, 6) is 1.52. The van der Waals surface area contributed by atoms with Gasteiger partial charge >= 0.3 is 0 Å². The fourth-order valence-electron chi connectivity index (χ4n) is 2.14. The Labute approximate surface area is 133 Å². The molecular weight excluding hydrogens is 280 g/mol. The molecule has 0 spiro atoms. The number of carbonyl (C=O) groups excluding carboxylic acids is 1. The average Bonchev–Trinajstić information content (AvgIpc) is 2.50. The molecule has 1 N–H and O–H groups in total. The number of nitrogens with one attached hydrogen (secondary N) is 1. The number of rotatable bonds is 8. The Bertz CT molecular complexity index is 489. The first kappa shape index (κ1) is 18.3. The van der Waals surface area contributed by atoms with E-state index in [1.54, 1.807) is 14.2 Å². The zero-order valence-electron chi connectivity index (χ0n) is 14.5. The third kappa shape index (κ3) is 5.22. The number of likely N-dealkylation sites (N-methyl/N-ethyl adjacent to an activating group) is 1. The second-order valence-corrected chi connectivity index (χ2v) is 5.76. The lowest BCUT2D eigenvalue weighted by molar-refractivity contribution is -0.125. The molecule has 1 unspecified atom stereocenters. The number of carbonyl (C=O) groups is 1. The number of benzene rings is 1. The van der Waals surface area contributed by atoms with E-state index in [2.05, 4.69) is 10.2 Å². The molecule has 124 valence electrons. The van der Waals surface area contributed by atoms with E-state index in [4.69, 9.17) is 9.47 Å². The first-order valence-corrected chi connectivity index (χ1v) is 7.60. The number of ether oxygens (including phenoxy) is 2. The molecule has 0 saturated carbocycles. The van der Waals surface area contributed by atoms with E-state index in [0.717, 1.165) is 30.0 Å². The second-order valence-electron chi connectivity index (χ2n) is 5.76. The number of amides is 1. The number of hydrogen-bond donors (Lipinski definition) is 1. The van der Waals surface area contributed by atoms with Gasteiger partial charge in [-0.25, -0.2) is 0 Å². The Morgan fingerprint density at radius 2 is 1.82 bits per heavy atom. The van der Waals surface area contributed by atoms with E-state index < -0.39 is 0 Å². The molecule has 0 aliphatic rings. The molecule has 0 aliphatic carbocycles. The third-order valence-corrected chi connectivity index (χ3v) is 3.67. The van der Waals surface area contributed by atoms with Gasteiger partial charge in [0.05, 0.1) is 20.3 Å². The van der Waals surface area contributed by atoms with Crippen molar-refractivity contribution in [2.24, 2.45) is 0 Å². The van der Waals surface area contributed by atoms with Gasteiger partial charge in [-0.3, -0.25) is 9.69 Å². The van der Waals surface area contributed by atoms with E-state index in [1.807, 2.05) is 46.0 Å². The molecule has 0 aliphatic heterocycles. The standard InChI is InChI=1S/C17H28N2O3/c1-12(2)18-17(20)13(3)19(4)10-9-14-7-8-15(21-5)16(11-14)22-6/h7-8,11-13H,9-10H2,1-6H3,(H,18,20). The Morgan fingerprint density at radius 1 is 1.18 bits per heavy atom. The molecule has 1 aromatic carbocycles. The van der Waals surface area contributed by atoms with Gasteiger partial charge in [0.1, 0.15) is 0 Å². The van der Waals surface area contributed by atoms with Crippen molar-refractivity contribution in [2.45, 2.75) is 39.3 Å². The summed E-state index contributed by atoms with van der Waals surface area (Å²) in [5, 5.41) is 2.94. The van der Waals surface area contributed by atoms with Crippen molar-refractivity contribution >= 4 is 5.91 Å². The van der Waals surface area contributed by atoms with Crippen molar-refractivity contribution < 1.29 is 14.3 Å². The van der Waals surface area contributed by atoms with Gasteiger partial charge in [0.15, 0.2) is 11.5 Å². The molecule has 5 heteroatoms. The summed E-state index contributed by atoms with van der Waals surface area (Å²) in [6.07, 6.45) is 0.843. The van der Waals surface area contributed by atoms with Crippen LogP contribution in [0.5, 0.6) is 11.5 Å². The van der Waals surface area contributed by atoms with Crippen molar-refractivity contribution in [1.82, 2.24) is 10.2 Å². The molecule has 0 aromatic heterocycles. The maximum absolute atomic E-state index is 12.0. The molecule has 1 amide bonds. The molecular formula is C17H28N2O3. The van der Waals surface area contributed by atoms with Crippen molar-refractivity contribution in [3.63, 3.8) is 0 Å². The summed E-state index contributed by atoms with van der Waals surface area (Å²) in [4.78, 5) is 14.1. The molecule has 1 aromatic rings. The topological polar surface area (TPSA) is 50.8 Å². The highest BCUT2D eigenvalue weighted by Gasteiger charge is 2.18. The third-order valence-electron chi connectivity index (χ3n) is 3.67. The van der Waals surface area contributed by atoms with Gasteiger partial charge in [-0.2, -0.15) is 0 Å². The van der Waals surface area contributed by atoms with Crippen molar-refractivity contribution in [2.75, 3.05) is 27.8 Å². The van der Waals surface area contributed by atoms with E-state index in [1.165, 1.54) is 0 Å². The molecule has 5 nitrogen and oxygen atoms in total. The maximum Gasteiger partial charge on any atom is 0.237 e. The summed E-state index contributed by atoms with van der Waals surface area (Å²) in [7, 11) is 5.22. The van der Waals surface area contributed by atoms with E-state index >= 15 is 0 Å². The van der Waals surface area contributed by atoms with Gasteiger partial charge in [-0.15, -0.1) is 0 Å². The lowest BCUT2D eigenvalue weighted by Gasteiger charge is -2.24. The Morgan fingerprint density at radius 3 is 2.36 bits per heavy atom. The van der Waals surface area contributed by atoms with Crippen LogP contribution in [0.15, 0.2) is 18.2 Å². The summed E-state index contributed by atoms with van der Waals surface area (Å²) < 4.78 is 10.5. The highest BCUT2D eigenvalue weighted by atomic mass is 16.5. The van der Waals surface area contributed by atoms with Crippen molar-refractivity contribution in [1.29, 1.82) is 0 Å². The summed E-state index contributed by atoms with van der Waals surface area (Å²) in [6, 6.07) is 5.92. The quantitative estimate of drug-likeness (QED) is 0.799. The van der Waals surface area contributed by atoms with Crippen LogP contribution >= 0.6 is 0 Å². The smallest absolute Gasteiger partial charge is 0.237 e. The molecule has 0 radical (unpaired) electrons. The van der Waals surface area contributed by atoms with Crippen molar-refractivity contribution in [3.8, 4) is 11.5 Å². The largest absolute Gasteiger partial charge is 0.493 e. The molecule has 1 rings (SSSR count). The number of nitrogens with zero attached hydrogens (tertiary/aromatic N) is 1. The summed E-state index contributed by atoms with van der Waals surface area (Å²) >= 11 is 0. The fourth-order valence-corrected chi connectivity index (χ4v) is 2.14. The van der Waals surface area contributed by atoms with Crippen LogP contribution in [0.4, 0.5) is 0 Å². The molecule has 22 heavy (non-hydrogen) atoms. The van der Waals surface area contributed by atoms with Crippen LogP contribution in [0, 0.1) is 0 Å². The minimum atomic E-state index is -0.150. The van der Waals surface area contributed by atoms with Crippen LogP contribution < -0.4 is 14.8 Å². The highest BCUT2D eigenvalue weighted by Crippen LogP contribution is 2.27. The maximum atomic E-state index is 12.0. The second kappa shape index (κ2) is 8.63. The predicted octanol–water partition coefficient (Wildman–Crippen LogP) is 2.09. The number of methoxy groups -OCH3 is 2. The number of hydrogen-bond acceptors (Lipinski definition) is 4. The molecule has 0 fully saturated rings. The van der Waals surface area contributed by atoms with Gasteiger partial charge in [0, 0.05) is 12.6 Å². The zero-order valence-corrected chi connectivity index (χ0v) is 14.5. The lowest BCUT2D eigenvalue weighted by Crippen LogP contribution is -2.46. The van der Waals surface area contributed by atoms with Gasteiger partial charge in [0.25, 0.3) is 0 Å². The lowest BCUT2D eigenvalue weighted by atomic mass is 10.1. The molecule has 0 bridgehead atoms. The van der Waals surface area contributed by atoms with Crippen molar-refractivity contribution in [3.05, 3.63) is 23.8 Å². The van der Waals surface area contributed by atoms with Crippen LogP contribution in [-0.2, 0) is 11.2 Å². The van der Waals surface area contributed by atoms with E-state index in [-0.39, 0.29) is 18.0 Å². The molecule has 0 saturated heterocycles. The predicted molar refractivity (Wildman–Crippen MR) is 88.6 cm³/mol. The van der Waals surface area contributed by atoms with Crippen LogP contribution in [0.3, 0.4) is 0 Å². The van der Waals surface area contributed by atoms with Gasteiger partial charge in [-0.1, -0.05) is 6.07 Å². The fraction of sp³-hybridized carbons (Fsp3) is 0.588. The van der Waals surface area contributed by atoms with Gasteiger partial charge < -0.3 is 14.8 Å². The van der Waals surface area contributed by atoms with Gasteiger partial charge in [0.2, 0.25) is 5.91 Å². The summed E-state index contributed by atoms with van der Waals surface area (Å²) in [5.41, 5.74) is 1.15. The van der Waals surface area contributed by atoms with E-state index in [9.17, 15) is 4.79 Å². The minimum absolute atomic E-state index is 0.0600. The van der Waals surface area contributed by atoms with Crippen LogP contribution in [0.2, 0.25) is 0 Å². The van der Waals surface area contributed by atoms with Crippen LogP contribution in [0.1, 0.15) is 26.3 Å². The monoisotopic (exact) mass is 308 g/mol. The molecule has 0 heterocycles. The Hall–Kier alpha value is -1.75. The Kier molecular flexibility index (Phi) is 7.18. The van der Waals surface area contributed by atoms with E-state index in [0.29, 0.717) is 0 Å². The molecule has 1 atom stereocenters. The minimum Gasteiger partial charge on any atom is -0.493 e.